The summed E-state index contributed by atoms with van der Waals surface area (Å²) in [6.07, 6.45) is 0.917. The van der Waals surface area contributed by atoms with E-state index in [0.717, 1.165) is 11.1 Å². The summed E-state index contributed by atoms with van der Waals surface area (Å²) in [4.78, 5) is 26.2. The molecule has 3 aromatic carbocycles. The van der Waals surface area contributed by atoms with Crippen molar-refractivity contribution in [3.63, 3.8) is 0 Å². The van der Waals surface area contributed by atoms with Gasteiger partial charge in [0.1, 0.15) is 11.4 Å². The number of carbonyl (C=O) groups excluding carboxylic acids is 1. The SMILES string of the molecule is C[C@@]1(Cc2cccc(Cl)c2Cl)Cc2cc(C(=O)N(CCC(=O)O)Cc3cccc(Cl)c3Cl)ccc2O1. The number of hydrogen-bond acceptors (Lipinski definition) is 3. The third kappa shape index (κ3) is 5.92. The van der Waals surface area contributed by atoms with Gasteiger partial charge in [0.2, 0.25) is 0 Å². The first kappa shape index (κ1) is 26.6. The lowest BCUT2D eigenvalue weighted by Crippen LogP contribution is -2.33. The van der Waals surface area contributed by atoms with E-state index in [4.69, 9.17) is 51.1 Å². The number of aliphatic carboxylic acids is 1. The van der Waals surface area contributed by atoms with Crippen molar-refractivity contribution < 1.29 is 19.4 Å². The minimum atomic E-state index is -0.997. The highest BCUT2D eigenvalue weighted by Gasteiger charge is 2.36. The molecule has 0 unspecified atom stereocenters. The van der Waals surface area contributed by atoms with Crippen LogP contribution in [0.3, 0.4) is 0 Å². The number of benzene rings is 3. The Labute approximate surface area is 229 Å². The largest absolute Gasteiger partial charge is 0.487 e. The summed E-state index contributed by atoms with van der Waals surface area (Å²) < 4.78 is 6.26. The molecule has 9 heteroatoms. The van der Waals surface area contributed by atoms with Crippen LogP contribution in [0.15, 0.2) is 54.6 Å². The number of ether oxygens (including phenoxy) is 1. The van der Waals surface area contributed by atoms with E-state index in [0.29, 0.717) is 49.8 Å². The standard InChI is InChI=1S/C27H23Cl4NO4/c1-27(13-17-4-2-6-20(28)24(17)30)14-19-12-16(8-9-22(19)36-27)26(35)32(11-10-23(33)34)15-18-5-3-7-21(29)25(18)31/h2-9,12H,10-11,13-15H2,1H3,(H,33,34)/t27-/m1/s1. The fraction of sp³-hybridized carbons (Fsp3) is 0.259. The number of rotatable bonds is 8. The highest BCUT2D eigenvalue weighted by Crippen LogP contribution is 2.39. The number of carbonyl (C=O) groups is 2. The van der Waals surface area contributed by atoms with Crippen molar-refractivity contribution in [2.45, 2.75) is 38.3 Å². The Balaban J connectivity index is 1.56. The number of carboxylic acids is 1. The number of halogens is 4. The molecule has 0 saturated carbocycles. The molecule has 1 aliphatic heterocycles. The van der Waals surface area contributed by atoms with E-state index in [-0.39, 0.29) is 25.4 Å². The van der Waals surface area contributed by atoms with Crippen LogP contribution < -0.4 is 4.74 Å². The third-order valence-electron chi connectivity index (χ3n) is 6.10. The van der Waals surface area contributed by atoms with Crippen molar-refractivity contribution in [2.24, 2.45) is 0 Å². The van der Waals surface area contributed by atoms with Crippen LogP contribution in [-0.4, -0.2) is 34.0 Å². The van der Waals surface area contributed by atoms with E-state index in [1.54, 1.807) is 42.5 Å². The van der Waals surface area contributed by atoms with Crippen molar-refractivity contribution >= 4 is 58.3 Å². The van der Waals surface area contributed by atoms with Crippen molar-refractivity contribution in [1.82, 2.24) is 4.90 Å². The van der Waals surface area contributed by atoms with Crippen LogP contribution in [0.2, 0.25) is 20.1 Å². The Hall–Kier alpha value is -2.44. The summed E-state index contributed by atoms with van der Waals surface area (Å²) in [7, 11) is 0. The molecule has 1 aliphatic rings. The second kappa shape index (κ2) is 10.9. The number of fused-ring (bicyclic) bond motifs is 1. The predicted molar refractivity (Wildman–Crippen MR) is 143 cm³/mol. The zero-order chi connectivity index (χ0) is 26.0. The third-order valence-corrected chi connectivity index (χ3v) is 7.82. The molecular formula is C27H23Cl4NO4. The van der Waals surface area contributed by atoms with E-state index >= 15 is 0 Å². The van der Waals surface area contributed by atoms with Gasteiger partial charge in [-0.25, -0.2) is 0 Å². The van der Waals surface area contributed by atoms with Gasteiger partial charge in [0.15, 0.2) is 0 Å². The van der Waals surface area contributed by atoms with Gasteiger partial charge >= 0.3 is 5.97 Å². The molecule has 1 heterocycles. The summed E-state index contributed by atoms with van der Waals surface area (Å²) in [5, 5.41) is 10.9. The number of hydrogen-bond donors (Lipinski definition) is 1. The van der Waals surface area contributed by atoms with Gasteiger partial charge in [-0.05, 0) is 53.9 Å². The Kier molecular flexibility index (Phi) is 8.06. The Morgan fingerprint density at radius 2 is 1.61 bits per heavy atom. The molecule has 0 fully saturated rings. The summed E-state index contributed by atoms with van der Waals surface area (Å²) in [5.41, 5.74) is 2.29. The van der Waals surface area contributed by atoms with Crippen LogP contribution in [0.25, 0.3) is 0 Å². The maximum absolute atomic E-state index is 13.5. The number of carboxylic acid groups (broad SMARTS) is 1. The van der Waals surface area contributed by atoms with Crippen LogP contribution >= 0.6 is 46.4 Å². The smallest absolute Gasteiger partial charge is 0.305 e. The molecular weight excluding hydrogens is 544 g/mol. The molecule has 0 aromatic heterocycles. The fourth-order valence-electron chi connectivity index (χ4n) is 4.38. The van der Waals surface area contributed by atoms with Crippen LogP contribution in [0.4, 0.5) is 0 Å². The lowest BCUT2D eigenvalue weighted by Gasteiger charge is -2.24. The Morgan fingerprint density at radius 3 is 2.28 bits per heavy atom. The van der Waals surface area contributed by atoms with Gasteiger partial charge in [0, 0.05) is 31.5 Å². The molecule has 1 atom stereocenters. The molecule has 1 amide bonds. The topological polar surface area (TPSA) is 66.8 Å². The van der Waals surface area contributed by atoms with Gasteiger partial charge < -0.3 is 14.7 Å². The van der Waals surface area contributed by atoms with Crippen LogP contribution in [0, 0.1) is 0 Å². The molecule has 0 saturated heterocycles. The lowest BCUT2D eigenvalue weighted by molar-refractivity contribution is -0.137. The summed E-state index contributed by atoms with van der Waals surface area (Å²) >= 11 is 25.0. The maximum atomic E-state index is 13.5. The average molecular weight is 567 g/mol. The zero-order valence-electron chi connectivity index (χ0n) is 19.4. The van der Waals surface area contributed by atoms with Crippen molar-refractivity contribution in [1.29, 1.82) is 0 Å². The van der Waals surface area contributed by atoms with Crippen molar-refractivity contribution in [2.75, 3.05) is 6.54 Å². The molecule has 0 spiro atoms. The molecule has 0 bridgehead atoms. The van der Waals surface area contributed by atoms with Gasteiger partial charge in [-0.3, -0.25) is 9.59 Å². The fourth-order valence-corrected chi connectivity index (χ4v) is 5.15. The molecule has 3 aromatic rings. The first-order valence-electron chi connectivity index (χ1n) is 11.2. The number of amides is 1. The maximum Gasteiger partial charge on any atom is 0.305 e. The first-order valence-corrected chi connectivity index (χ1v) is 12.8. The van der Waals surface area contributed by atoms with Gasteiger partial charge in [-0.2, -0.15) is 0 Å². The summed E-state index contributed by atoms with van der Waals surface area (Å²) in [6, 6.07) is 15.9. The van der Waals surface area contributed by atoms with Crippen molar-refractivity contribution in [3.8, 4) is 5.75 Å². The van der Waals surface area contributed by atoms with E-state index in [1.165, 1.54) is 4.90 Å². The quantitative estimate of drug-likeness (QED) is 0.309. The second-order valence-electron chi connectivity index (χ2n) is 9.02. The van der Waals surface area contributed by atoms with Gasteiger partial charge in [-0.15, -0.1) is 0 Å². The minimum absolute atomic E-state index is 0.0234. The monoisotopic (exact) mass is 565 g/mol. The second-order valence-corrected chi connectivity index (χ2v) is 10.6. The highest BCUT2D eigenvalue weighted by molar-refractivity contribution is 6.43. The Morgan fingerprint density at radius 1 is 0.972 bits per heavy atom. The molecule has 0 aliphatic carbocycles. The minimum Gasteiger partial charge on any atom is -0.487 e. The molecule has 5 nitrogen and oxygen atoms in total. The van der Waals surface area contributed by atoms with E-state index in [2.05, 4.69) is 0 Å². The lowest BCUT2D eigenvalue weighted by atomic mass is 9.91. The summed E-state index contributed by atoms with van der Waals surface area (Å²) in [5.74, 6) is -0.605. The predicted octanol–water partition coefficient (Wildman–Crippen LogP) is 7.35. The normalized spacial score (nSPS) is 16.4. The van der Waals surface area contributed by atoms with E-state index in [9.17, 15) is 14.7 Å². The summed E-state index contributed by atoms with van der Waals surface area (Å²) in [6.45, 7) is 2.14. The highest BCUT2D eigenvalue weighted by atomic mass is 35.5. The van der Waals surface area contributed by atoms with Gasteiger partial charge in [0.05, 0.1) is 26.5 Å². The van der Waals surface area contributed by atoms with Gasteiger partial charge in [-0.1, -0.05) is 70.7 Å². The Bertz CT molecular complexity index is 1330. The average Bonchev–Trinajstić information content (AvgIpc) is 3.16. The molecule has 188 valence electrons. The molecule has 4 rings (SSSR count). The van der Waals surface area contributed by atoms with Gasteiger partial charge in [0.25, 0.3) is 5.91 Å². The van der Waals surface area contributed by atoms with E-state index < -0.39 is 11.6 Å². The van der Waals surface area contributed by atoms with Crippen LogP contribution in [0.1, 0.15) is 40.4 Å². The zero-order valence-corrected chi connectivity index (χ0v) is 22.4. The molecule has 1 N–H and O–H groups in total. The van der Waals surface area contributed by atoms with Crippen LogP contribution in [-0.2, 0) is 24.2 Å². The first-order chi connectivity index (χ1) is 17.1. The van der Waals surface area contributed by atoms with E-state index in [1.807, 2.05) is 19.1 Å². The van der Waals surface area contributed by atoms with Crippen molar-refractivity contribution in [3.05, 3.63) is 96.9 Å². The molecule has 36 heavy (non-hydrogen) atoms. The van der Waals surface area contributed by atoms with Crippen LogP contribution in [0.5, 0.6) is 5.75 Å². The number of nitrogens with zero attached hydrogens (tertiary/aromatic N) is 1. The molecule has 0 radical (unpaired) electrons.